The number of rotatable bonds is 3. The number of hydrogen-bond donors (Lipinski definition) is 1. The summed E-state index contributed by atoms with van der Waals surface area (Å²) in [5, 5.41) is 3.42. The van der Waals surface area contributed by atoms with Gasteiger partial charge in [0.25, 0.3) is 0 Å². The summed E-state index contributed by atoms with van der Waals surface area (Å²) >= 11 is 1.64. The van der Waals surface area contributed by atoms with Crippen LogP contribution < -0.4 is 5.32 Å². The molecular weight excluding hydrogens is 325 g/mol. The van der Waals surface area contributed by atoms with E-state index in [0.717, 1.165) is 55.6 Å². The first-order valence-electron chi connectivity index (χ1n) is 8.51. The SMILES string of the molecule is CN=C(NCc1cc(F)ccc1SC)N1CCC2(CCOCC2)C1. The van der Waals surface area contributed by atoms with Crippen LogP contribution in [0.25, 0.3) is 0 Å². The highest BCUT2D eigenvalue weighted by Crippen LogP contribution is 2.39. The average Bonchev–Trinajstić information content (AvgIpc) is 2.99. The molecule has 0 unspecified atom stereocenters. The van der Waals surface area contributed by atoms with Crippen molar-refractivity contribution in [3.63, 3.8) is 0 Å². The van der Waals surface area contributed by atoms with Crippen molar-refractivity contribution in [2.45, 2.75) is 30.7 Å². The molecule has 0 atom stereocenters. The quantitative estimate of drug-likeness (QED) is 0.516. The largest absolute Gasteiger partial charge is 0.381 e. The standard InChI is InChI=1S/C18H26FN3OS/c1-20-17(21-12-14-11-15(19)3-4-16(14)24-2)22-8-5-18(13-22)6-9-23-10-7-18/h3-4,11H,5-10,12-13H2,1-2H3,(H,20,21). The molecule has 2 aliphatic heterocycles. The van der Waals surface area contributed by atoms with Crippen molar-refractivity contribution in [1.29, 1.82) is 0 Å². The van der Waals surface area contributed by atoms with Crippen molar-refractivity contribution in [2.24, 2.45) is 10.4 Å². The fourth-order valence-electron chi connectivity index (χ4n) is 3.72. The van der Waals surface area contributed by atoms with Gasteiger partial charge in [0.1, 0.15) is 5.82 Å². The minimum atomic E-state index is -0.193. The predicted molar refractivity (Wildman–Crippen MR) is 97.1 cm³/mol. The molecule has 24 heavy (non-hydrogen) atoms. The lowest BCUT2D eigenvalue weighted by atomic mass is 9.80. The molecule has 1 aromatic rings. The lowest BCUT2D eigenvalue weighted by molar-refractivity contribution is 0.0217. The summed E-state index contributed by atoms with van der Waals surface area (Å²) < 4.78 is 19.1. The number of likely N-dealkylation sites (tertiary alicyclic amines) is 1. The molecule has 0 amide bonds. The van der Waals surface area contributed by atoms with E-state index < -0.39 is 0 Å². The number of hydrogen-bond acceptors (Lipinski definition) is 3. The monoisotopic (exact) mass is 351 g/mol. The molecule has 2 aliphatic rings. The van der Waals surface area contributed by atoms with Gasteiger partial charge in [0.05, 0.1) is 0 Å². The van der Waals surface area contributed by atoms with Crippen LogP contribution in [-0.2, 0) is 11.3 Å². The van der Waals surface area contributed by atoms with Crippen LogP contribution in [0.3, 0.4) is 0 Å². The van der Waals surface area contributed by atoms with Crippen LogP contribution in [0, 0.1) is 11.2 Å². The number of nitrogens with one attached hydrogen (secondary N) is 1. The molecular formula is C18H26FN3OS. The Morgan fingerprint density at radius 3 is 2.88 bits per heavy atom. The average molecular weight is 351 g/mol. The molecule has 0 bridgehead atoms. The highest BCUT2D eigenvalue weighted by Gasteiger charge is 2.40. The second kappa shape index (κ2) is 7.74. The third-order valence-electron chi connectivity index (χ3n) is 5.18. The van der Waals surface area contributed by atoms with Crippen LogP contribution >= 0.6 is 11.8 Å². The molecule has 0 saturated carbocycles. The minimum absolute atomic E-state index is 0.193. The Balaban J connectivity index is 1.63. The smallest absolute Gasteiger partial charge is 0.193 e. The van der Waals surface area contributed by atoms with Crippen LogP contribution in [-0.4, -0.2) is 50.5 Å². The molecule has 0 aromatic heterocycles. The third-order valence-corrected chi connectivity index (χ3v) is 6.02. The van der Waals surface area contributed by atoms with Gasteiger partial charge in [-0.2, -0.15) is 0 Å². The van der Waals surface area contributed by atoms with Crippen LogP contribution in [0.15, 0.2) is 28.1 Å². The molecule has 4 nitrogen and oxygen atoms in total. The van der Waals surface area contributed by atoms with Gasteiger partial charge >= 0.3 is 0 Å². The summed E-state index contributed by atoms with van der Waals surface area (Å²) in [5.41, 5.74) is 1.36. The lowest BCUT2D eigenvalue weighted by Gasteiger charge is -2.33. The summed E-state index contributed by atoms with van der Waals surface area (Å²) in [7, 11) is 1.82. The summed E-state index contributed by atoms with van der Waals surface area (Å²) in [6, 6.07) is 4.96. The van der Waals surface area contributed by atoms with Crippen molar-refractivity contribution < 1.29 is 9.13 Å². The summed E-state index contributed by atoms with van der Waals surface area (Å²) in [5.74, 6) is 0.719. The number of ether oxygens (including phenoxy) is 1. The fraction of sp³-hybridized carbons (Fsp3) is 0.611. The molecule has 6 heteroatoms. The maximum atomic E-state index is 13.5. The molecule has 2 fully saturated rings. The minimum Gasteiger partial charge on any atom is -0.381 e. The summed E-state index contributed by atoms with van der Waals surface area (Å²) in [6.45, 7) is 4.40. The van der Waals surface area contributed by atoms with E-state index in [1.807, 2.05) is 19.4 Å². The van der Waals surface area contributed by atoms with Crippen molar-refractivity contribution in [1.82, 2.24) is 10.2 Å². The zero-order valence-electron chi connectivity index (χ0n) is 14.5. The van der Waals surface area contributed by atoms with Crippen molar-refractivity contribution in [2.75, 3.05) is 39.6 Å². The van der Waals surface area contributed by atoms with Crippen LogP contribution in [0.1, 0.15) is 24.8 Å². The molecule has 0 aliphatic carbocycles. The Bertz CT molecular complexity index is 602. The molecule has 2 saturated heterocycles. The van der Waals surface area contributed by atoms with Crippen molar-refractivity contribution in [3.05, 3.63) is 29.6 Å². The van der Waals surface area contributed by atoms with E-state index in [1.54, 1.807) is 17.8 Å². The van der Waals surface area contributed by atoms with Crippen LogP contribution in [0.5, 0.6) is 0 Å². The number of thioether (sulfide) groups is 1. The predicted octanol–water partition coefficient (Wildman–Crippen LogP) is 3.13. The Morgan fingerprint density at radius 2 is 2.17 bits per heavy atom. The van der Waals surface area contributed by atoms with E-state index in [0.29, 0.717) is 12.0 Å². The van der Waals surface area contributed by atoms with Gasteiger partial charge in [0.2, 0.25) is 0 Å². The van der Waals surface area contributed by atoms with E-state index in [1.165, 1.54) is 12.5 Å². The van der Waals surface area contributed by atoms with Gasteiger partial charge in [-0.25, -0.2) is 4.39 Å². The van der Waals surface area contributed by atoms with E-state index in [4.69, 9.17) is 4.74 Å². The first-order valence-corrected chi connectivity index (χ1v) is 9.74. The van der Waals surface area contributed by atoms with E-state index in [-0.39, 0.29) is 5.82 Å². The van der Waals surface area contributed by atoms with Gasteiger partial charge in [0.15, 0.2) is 5.96 Å². The summed E-state index contributed by atoms with van der Waals surface area (Å²) in [4.78, 5) is 7.88. The zero-order valence-corrected chi connectivity index (χ0v) is 15.3. The van der Waals surface area contributed by atoms with Gasteiger partial charge in [0, 0.05) is 44.8 Å². The number of aliphatic imine (C=N–C) groups is 1. The Hall–Kier alpha value is -1.27. The summed E-state index contributed by atoms with van der Waals surface area (Å²) in [6.07, 6.45) is 5.50. The zero-order chi connectivity index (χ0) is 17.0. The Kier molecular flexibility index (Phi) is 5.66. The first kappa shape index (κ1) is 17.5. The van der Waals surface area contributed by atoms with Gasteiger partial charge in [-0.3, -0.25) is 4.99 Å². The number of nitrogens with zero attached hydrogens (tertiary/aromatic N) is 2. The van der Waals surface area contributed by atoms with E-state index in [9.17, 15) is 4.39 Å². The second-order valence-electron chi connectivity index (χ2n) is 6.64. The fourth-order valence-corrected chi connectivity index (χ4v) is 4.32. The van der Waals surface area contributed by atoms with Crippen LogP contribution in [0.2, 0.25) is 0 Å². The maximum Gasteiger partial charge on any atom is 0.193 e. The molecule has 0 radical (unpaired) electrons. The maximum absolute atomic E-state index is 13.5. The molecule has 3 rings (SSSR count). The molecule has 1 spiro atoms. The molecule has 1 N–H and O–H groups in total. The highest BCUT2D eigenvalue weighted by atomic mass is 32.2. The van der Waals surface area contributed by atoms with Gasteiger partial charge < -0.3 is 15.0 Å². The Labute approximate surface area is 147 Å². The van der Waals surface area contributed by atoms with Crippen LogP contribution in [0.4, 0.5) is 4.39 Å². The third kappa shape index (κ3) is 3.86. The number of halogens is 1. The highest BCUT2D eigenvalue weighted by molar-refractivity contribution is 7.98. The van der Waals surface area contributed by atoms with Gasteiger partial charge in [-0.1, -0.05) is 0 Å². The second-order valence-corrected chi connectivity index (χ2v) is 7.49. The topological polar surface area (TPSA) is 36.9 Å². The molecule has 132 valence electrons. The van der Waals surface area contributed by atoms with E-state index >= 15 is 0 Å². The lowest BCUT2D eigenvalue weighted by Crippen LogP contribution is -2.42. The number of guanidine groups is 1. The van der Waals surface area contributed by atoms with Crippen molar-refractivity contribution in [3.8, 4) is 0 Å². The molecule has 1 aromatic carbocycles. The van der Waals surface area contributed by atoms with Crippen molar-refractivity contribution >= 4 is 17.7 Å². The first-order chi connectivity index (χ1) is 11.7. The normalized spacial score (nSPS) is 20.6. The molecule has 2 heterocycles. The van der Waals surface area contributed by atoms with Gasteiger partial charge in [-0.05, 0) is 54.7 Å². The van der Waals surface area contributed by atoms with Gasteiger partial charge in [-0.15, -0.1) is 11.8 Å². The Morgan fingerprint density at radius 1 is 1.38 bits per heavy atom. The van der Waals surface area contributed by atoms with E-state index in [2.05, 4.69) is 15.2 Å². The number of benzene rings is 1.